The molecule has 0 saturated heterocycles. The van der Waals surface area contributed by atoms with Crippen LogP contribution in [-0.4, -0.2) is 34.3 Å². The Kier molecular flexibility index (Phi) is 5.80. The van der Waals surface area contributed by atoms with Gasteiger partial charge in [0.25, 0.3) is 0 Å². The summed E-state index contributed by atoms with van der Waals surface area (Å²) in [5, 5.41) is 14.1. The Morgan fingerprint density at radius 2 is 2.22 bits per heavy atom. The summed E-state index contributed by atoms with van der Waals surface area (Å²) in [6, 6.07) is 6.45. The van der Waals surface area contributed by atoms with Gasteiger partial charge in [0.05, 0.1) is 0 Å². The molecule has 0 spiro atoms. The number of rotatable bonds is 5. The van der Waals surface area contributed by atoms with Crippen molar-refractivity contribution in [1.82, 2.24) is 5.32 Å². The number of aliphatic hydroxyl groups is 1. The first kappa shape index (κ1) is 14.7. The van der Waals surface area contributed by atoms with Crippen LogP contribution in [-0.2, 0) is 10.8 Å². The summed E-state index contributed by atoms with van der Waals surface area (Å²) in [4.78, 5) is 12.3. The minimum absolute atomic E-state index is 0.0335. The number of anilines is 1. The molecule has 6 heteroatoms. The largest absolute Gasteiger partial charge is 0.396 e. The molecule has 0 radical (unpaired) electrons. The molecule has 2 amide bonds. The van der Waals surface area contributed by atoms with Gasteiger partial charge in [-0.15, -0.1) is 0 Å². The van der Waals surface area contributed by atoms with Crippen molar-refractivity contribution in [3.05, 3.63) is 24.3 Å². The Morgan fingerprint density at radius 1 is 1.50 bits per heavy atom. The summed E-state index contributed by atoms with van der Waals surface area (Å²) < 4.78 is 11.3. The number of urea groups is 1. The van der Waals surface area contributed by atoms with Crippen molar-refractivity contribution in [2.45, 2.75) is 24.3 Å². The molecule has 2 atom stereocenters. The van der Waals surface area contributed by atoms with Crippen molar-refractivity contribution in [2.24, 2.45) is 0 Å². The standard InChI is InChI=1S/C12H18N2O3S/c1-9(6-7-15)13-12(16)14-10-4-3-5-11(8-10)18(2)17/h3-5,8-9,15H,6-7H2,1-2H3,(H2,13,14,16)/t9-,18?/m1/s1. The fraction of sp³-hybridized carbons (Fsp3) is 0.417. The van der Waals surface area contributed by atoms with E-state index in [4.69, 9.17) is 5.11 Å². The normalized spacial score (nSPS) is 13.7. The van der Waals surface area contributed by atoms with Crippen LogP contribution >= 0.6 is 0 Å². The first-order chi connectivity index (χ1) is 8.52. The van der Waals surface area contributed by atoms with E-state index in [-0.39, 0.29) is 18.7 Å². The summed E-state index contributed by atoms with van der Waals surface area (Å²) in [6.07, 6.45) is 2.09. The molecule has 0 aliphatic heterocycles. The molecule has 0 aliphatic carbocycles. The van der Waals surface area contributed by atoms with E-state index in [2.05, 4.69) is 10.6 Å². The van der Waals surface area contributed by atoms with Crippen molar-refractivity contribution < 1.29 is 14.1 Å². The number of hydrogen-bond acceptors (Lipinski definition) is 3. The first-order valence-corrected chi connectivity index (χ1v) is 7.20. The third-order valence-corrected chi connectivity index (χ3v) is 3.28. The monoisotopic (exact) mass is 270 g/mol. The van der Waals surface area contributed by atoms with Gasteiger partial charge in [-0.3, -0.25) is 4.21 Å². The predicted octanol–water partition coefficient (Wildman–Crippen LogP) is 1.32. The molecule has 0 aliphatic rings. The van der Waals surface area contributed by atoms with Crippen LogP contribution in [0, 0.1) is 0 Å². The van der Waals surface area contributed by atoms with Crippen molar-refractivity contribution in [3.63, 3.8) is 0 Å². The Labute approximate surface area is 109 Å². The predicted molar refractivity (Wildman–Crippen MR) is 72.1 cm³/mol. The van der Waals surface area contributed by atoms with E-state index in [1.54, 1.807) is 30.5 Å². The van der Waals surface area contributed by atoms with E-state index < -0.39 is 10.8 Å². The maximum atomic E-state index is 11.6. The van der Waals surface area contributed by atoms with Crippen LogP contribution in [0.2, 0.25) is 0 Å². The molecule has 0 fully saturated rings. The smallest absolute Gasteiger partial charge is 0.319 e. The highest BCUT2D eigenvalue weighted by Crippen LogP contribution is 2.13. The summed E-state index contributed by atoms with van der Waals surface area (Å²) in [6.45, 7) is 1.85. The number of amides is 2. The van der Waals surface area contributed by atoms with Crippen LogP contribution in [0.5, 0.6) is 0 Å². The van der Waals surface area contributed by atoms with Gasteiger partial charge in [0.2, 0.25) is 0 Å². The molecule has 1 rings (SSSR count). The Hall–Kier alpha value is -1.40. The summed E-state index contributed by atoms with van der Waals surface area (Å²) >= 11 is 0. The quantitative estimate of drug-likeness (QED) is 0.755. The second-order valence-electron chi connectivity index (χ2n) is 3.99. The van der Waals surface area contributed by atoms with Crippen LogP contribution in [0.25, 0.3) is 0 Å². The number of carbonyl (C=O) groups is 1. The van der Waals surface area contributed by atoms with Crippen LogP contribution in [0.3, 0.4) is 0 Å². The molecular formula is C12H18N2O3S. The number of hydrogen-bond donors (Lipinski definition) is 3. The molecule has 5 nitrogen and oxygen atoms in total. The number of benzene rings is 1. The van der Waals surface area contributed by atoms with Gasteiger partial charge in [-0.25, -0.2) is 4.79 Å². The fourth-order valence-electron chi connectivity index (χ4n) is 1.41. The van der Waals surface area contributed by atoms with Gasteiger partial charge in [0.15, 0.2) is 0 Å². The van der Waals surface area contributed by atoms with Crippen LogP contribution in [0.1, 0.15) is 13.3 Å². The molecule has 3 N–H and O–H groups in total. The maximum Gasteiger partial charge on any atom is 0.319 e. The second-order valence-corrected chi connectivity index (χ2v) is 5.37. The number of aliphatic hydroxyl groups excluding tert-OH is 1. The minimum Gasteiger partial charge on any atom is -0.396 e. The topological polar surface area (TPSA) is 78.4 Å². The highest BCUT2D eigenvalue weighted by molar-refractivity contribution is 7.84. The lowest BCUT2D eigenvalue weighted by Crippen LogP contribution is -2.36. The van der Waals surface area contributed by atoms with Crippen molar-refractivity contribution in [3.8, 4) is 0 Å². The summed E-state index contributed by atoms with van der Waals surface area (Å²) in [7, 11) is -1.07. The van der Waals surface area contributed by atoms with E-state index >= 15 is 0 Å². The summed E-state index contributed by atoms with van der Waals surface area (Å²) in [5.41, 5.74) is 0.594. The van der Waals surface area contributed by atoms with Crippen molar-refractivity contribution >= 4 is 22.5 Å². The van der Waals surface area contributed by atoms with Gasteiger partial charge in [0.1, 0.15) is 0 Å². The molecule has 0 aromatic heterocycles. The average Bonchev–Trinajstić information content (AvgIpc) is 2.29. The highest BCUT2D eigenvalue weighted by atomic mass is 32.2. The van der Waals surface area contributed by atoms with E-state index in [0.29, 0.717) is 17.0 Å². The van der Waals surface area contributed by atoms with E-state index in [9.17, 15) is 9.00 Å². The van der Waals surface area contributed by atoms with Gasteiger partial charge >= 0.3 is 6.03 Å². The zero-order valence-corrected chi connectivity index (χ0v) is 11.3. The van der Waals surface area contributed by atoms with Gasteiger partial charge in [-0.1, -0.05) is 6.07 Å². The van der Waals surface area contributed by atoms with E-state index in [1.165, 1.54) is 0 Å². The molecule has 100 valence electrons. The van der Waals surface area contributed by atoms with E-state index in [1.807, 2.05) is 6.92 Å². The van der Waals surface area contributed by atoms with Crippen molar-refractivity contribution in [1.29, 1.82) is 0 Å². The van der Waals surface area contributed by atoms with Crippen LogP contribution < -0.4 is 10.6 Å². The van der Waals surface area contributed by atoms with Crippen molar-refractivity contribution in [2.75, 3.05) is 18.2 Å². The summed E-state index contributed by atoms with van der Waals surface area (Å²) in [5.74, 6) is 0. The third-order valence-electron chi connectivity index (χ3n) is 2.36. The Balaban J connectivity index is 2.59. The molecule has 1 aromatic rings. The lowest BCUT2D eigenvalue weighted by Gasteiger charge is -2.13. The third kappa shape index (κ3) is 4.85. The molecule has 0 heterocycles. The molecule has 0 saturated carbocycles. The second kappa shape index (κ2) is 7.13. The molecular weight excluding hydrogens is 252 g/mol. The highest BCUT2D eigenvalue weighted by Gasteiger charge is 2.07. The Bertz CT molecular complexity index is 437. The fourth-order valence-corrected chi connectivity index (χ4v) is 1.97. The molecule has 1 unspecified atom stereocenters. The van der Waals surface area contributed by atoms with Crippen LogP contribution in [0.4, 0.5) is 10.5 Å². The minimum atomic E-state index is -1.07. The number of carbonyl (C=O) groups excluding carboxylic acids is 1. The lowest BCUT2D eigenvalue weighted by molar-refractivity contribution is 0.241. The van der Waals surface area contributed by atoms with Gasteiger partial charge in [0, 0.05) is 40.3 Å². The first-order valence-electron chi connectivity index (χ1n) is 5.65. The SMILES string of the molecule is C[C@H](CCO)NC(=O)Nc1cccc(S(C)=O)c1. The average molecular weight is 270 g/mol. The molecule has 18 heavy (non-hydrogen) atoms. The molecule has 0 bridgehead atoms. The lowest BCUT2D eigenvalue weighted by atomic mass is 10.2. The zero-order chi connectivity index (χ0) is 13.5. The number of nitrogens with one attached hydrogen (secondary N) is 2. The Morgan fingerprint density at radius 3 is 2.83 bits per heavy atom. The van der Waals surface area contributed by atoms with Gasteiger partial charge in [-0.05, 0) is 31.5 Å². The van der Waals surface area contributed by atoms with Gasteiger partial charge < -0.3 is 15.7 Å². The van der Waals surface area contributed by atoms with E-state index in [0.717, 1.165) is 0 Å². The zero-order valence-electron chi connectivity index (χ0n) is 10.5. The van der Waals surface area contributed by atoms with Gasteiger partial charge in [-0.2, -0.15) is 0 Å². The maximum absolute atomic E-state index is 11.6. The molecule has 1 aromatic carbocycles. The van der Waals surface area contributed by atoms with Crippen LogP contribution in [0.15, 0.2) is 29.2 Å².